The van der Waals surface area contributed by atoms with E-state index >= 15 is 0 Å². The number of rotatable bonds is 7. The van der Waals surface area contributed by atoms with Gasteiger partial charge in [-0.05, 0) is 72.8 Å². The Morgan fingerprint density at radius 2 is 1.00 bits per heavy atom. The number of nitro benzene ring substituents is 1. The quantitative estimate of drug-likeness (QED) is 0.105. The maximum Gasteiger partial charge on any atom is 0.269 e. The molecule has 0 unspecified atom stereocenters. The molecule has 0 fully saturated rings. The Morgan fingerprint density at radius 3 is 1.43 bits per heavy atom. The van der Waals surface area contributed by atoms with Gasteiger partial charge in [0, 0.05) is 41.3 Å². The molecule has 0 saturated heterocycles. The fourth-order valence-electron chi connectivity index (χ4n) is 4.01. The molecule has 6 aromatic rings. The molecule has 0 atom stereocenters. The molecule has 0 radical (unpaired) electrons. The lowest BCUT2D eigenvalue weighted by molar-refractivity contribution is -0.384. The van der Waals surface area contributed by atoms with Crippen molar-refractivity contribution in [2.45, 2.75) is 0 Å². The molecule has 0 spiro atoms. The Bertz CT molecular complexity index is 1880. The van der Waals surface area contributed by atoms with E-state index in [1.54, 1.807) is 54.9 Å². The number of ether oxygens (including phenoxy) is 2. The number of nitrogens with two attached hydrogens (primary N) is 3. The number of nitrogens with zero attached hydrogens (tertiary/aromatic N) is 5. The Balaban J connectivity index is 0.000000175. The first-order valence-corrected chi connectivity index (χ1v) is 13.2. The highest BCUT2D eigenvalue weighted by Crippen LogP contribution is 2.34. The number of nitro groups is 1. The maximum absolute atomic E-state index is 10.7. The molecule has 12 nitrogen and oxygen atoms in total. The Labute approximate surface area is 252 Å². The third-order valence-corrected chi connectivity index (χ3v) is 6.06. The summed E-state index contributed by atoms with van der Waals surface area (Å²) in [6.45, 7) is 0. The van der Waals surface area contributed by atoms with Gasteiger partial charge in [-0.25, -0.2) is 19.9 Å². The Kier molecular flexibility index (Phi) is 8.82. The van der Waals surface area contributed by atoms with Crippen molar-refractivity contribution in [3.8, 4) is 45.5 Å². The van der Waals surface area contributed by atoms with Crippen LogP contribution in [0.15, 0.2) is 122 Å². The number of benzene rings is 4. The van der Waals surface area contributed by atoms with Crippen molar-refractivity contribution in [3.05, 3.63) is 132 Å². The molecule has 4 aromatic carbocycles. The zero-order valence-electron chi connectivity index (χ0n) is 23.1. The summed E-state index contributed by atoms with van der Waals surface area (Å²) < 4.78 is 11.7. The van der Waals surface area contributed by atoms with Gasteiger partial charge >= 0.3 is 0 Å². The third-order valence-electron chi connectivity index (χ3n) is 6.06. The van der Waals surface area contributed by atoms with Gasteiger partial charge in [0.25, 0.3) is 5.69 Å². The van der Waals surface area contributed by atoms with Crippen LogP contribution in [-0.4, -0.2) is 24.9 Å². The van der Waals surface area contributed by atoms with Gasteiger partial charge in [-0.2, -0.15) is 0 Å². The summed E-state index contributed by atoms with van der Waals surface area (Å²) in [6, 6.07) is 31.6. The number of aromatic nitrogens is 4. The van der Waals surface area contributed by atoms with E-state index < -0.39 is 4.92 Å². The predicted octanol–water partition coefficient (Wildman–Crippen LogP) is 6.53. The second-order valence-electron chi connectivity index (χ2n) is 9.12. The molecule has 6 N–H and O–H groups in total. The normalized spacial score (nSPS) is 10.3. The Morgan fingerprint density at radius 1 is 0.568 bits per heavy atom. The van der Waals surface area contributed by atoms with E-state index in [0.717, 1.165) is 11.1 Å². The van der Waals surface area contributed by atoms with Crippen LogP contribution in [0.25, 0.3) is 22.5 Å². The highest BCUT2D eigenvalue weighted by atomic mass is 16.6. The van der Waals surface area contributed by atoms with E-state index in [1.165, 1.54) is 12.1 Å². The van der Waals surface area contributed by atoms with Crippen molar-refractivity contribution in [3.63, 3.8) is 0 Å². The van der Waals surface area contributed by atoms with Crippen molar-refractivity contribution in [1.29, 1.82) is 0 Å². The van der Waals surface area contributed by atoms with Gasteiger partial charge < -0.3 is 26.7 Å². The monoisotopic (exact) mass is 586 g/mol. The summed E-state index contributed by atoms with van der Waals surface area (Å²) in [4.78, 5) is 26.4. The number of non-ortho nitro benzene ring substituents is 1. The zero-order chi connectivity index (χ0) is 30.9. The molecule has 218 valence electrons. The van der Waals surface area contributed by atoms with Crippen molar-refractivity contribution in [1.82, 2.24) is 19.9 Å². The highest BCUT2D eigenvalue weighted by molar-refractivity contribution is 5.69. The standard InChI is InChI=1S/C16H12N4O3.C16H14N4O/c17-16-18-10-9-14(19-16)13-3-1-2-4-15(13)23-12-7-5-11(6-8-12)20(21)22;17-11-5-7-12(8-6-11)21-15-4-2-1-3-13(15)14-9-10-19-16(18)20-14/h1-10H,(H2,17,18,19);1-10H,17H2,(H2,18,19,20). The second-order valence-corrected chi connectivity index (χ2v) is 9.12. The molecule has 44 heavy (non-hydrogen) atoms. The van der Waals surface area contributed by atoms with Crippen LogP contribution in [0.2, 0.25) is 0 Å². The largest absolute Gasteiger partial charge is 0.457 e. The summed E-state index contributed by atoms with van der Waals surface area (Å²) >= 11 is 0. The van der Waals surface area contributed by atoms with E-state index in [1.807, 2.05) is 54.6 Å². The second kappa shape index (κ2) is 13.4. The fourth-order valence-corrected chi connectivity index (χ4v) is 4.01. The summed E-state index contributed by atoms with van der Waals surface area (Å²) in [6.07, 6.45) is 3.19. The lowest BCUT2D eigenvalue weighted by Crippen LogP contribution is -1.96. The summed E-state index contributed by atoms with van der Waals surface area (Å²) in [5.41, 5.74) is 20.6. The molecule has 0 bridgehead atoms. The summed E-state index contributed by atoms with van der Waals surface area (Å²) in [5, 5.41) is 10.7. The van der Waals surface area contributed by atoms with E-state index in [2.05, 4.69) is 19.9 Å². The van der Waals surface area contributed by atoms with E-state index in [4.69, 9.17) is 26.7 Å². The maximum atomic E-state index is 10.7. The van der Waals surface area contributed by atoms with Crippen LogP contribution in [0.4, 0.5) is 23.3 Å². The number of para-hydroxylation sites is 2. The molecule has 0 aliphatic heterocycles. The zero-order valence-corrected chi connectivity index (χ0v) is 23.1. The molecule has 0 saturated carbocycles. The smallest absolute Gasteiger partial charge is 0.269 e. The first-order valence-electron chi connectivity index (χ1n) is 13.2. The molecule has 2 aromatic heterocycles. The molecule has 0 amide bonds. The molecular weight excluding hydrogens is 560 g/mol. The predicted molar refractivity (Wildman–Crippen MR) is 168 cm³/mol. The van der Waals surface area contributed by atoms with Gasteiger partial charge in [0.15, 0.2) is 0 Å². The van der Waals surface area contributed by atoms with Crippen LogP contribution in [0.5, 0.6) is 23.0 Å². The Hall–Kier alpha value is -6.56. The molecule has 2 heterocycles. The van der Waals surface area contributed by atoms with Crippen LogP contribution in [-0.2, 0) is 0 Å². The van der Waals surface area contributed by atoms with Gasteiger partial charge in [-0.1, -0.05) is 24.3 Å². The van der Waals surface area contributed by atoms with Crippen molar-refractivity contribution < 1.29 is 14.4 Å². The first-order chi connectivity index (χ1) is 21.4. The fraction of sp³-hybridized carbons (Fsp3) is 0. The minimum atomic E-state index is -0.457. The van der Waals surface area contributed by atoms with Crippen LogP contribution in [0.3, 0.4) is 0 Å². The highest BCUT2D eigenvalue weighted by Gasteiger charge is 2.11. The SMILES string of the molecule is Nc1ccc(Oc2ccccc2-c2ccnc(N)n2)cc1.Nc1nccc(-c2ccccc2Oc2ccc([N+](=O)[O-])cc2)n1. The van der Waals surface area contributed by atoms with Gasteiger partial charge in [0.2, 0.25) is 11.9 Å². The van der Waals surface area contributed by atoms with Crippen LogP contribution < -0.4 is 26.7 Å². The van der Waals surface area contributed by atoms with Gasteiger partial charge in [0.05, 0.1) is 16.3 Å². The van der Waals surface area contributed by atoms with E-state index in [0.29, 0.717) is 40.1 Å². The number of anilines is 3. The number of hydrogen-bond acceptors (Lipinski definition) is 11. The lowest BCUT2D eigenvalue weighted by Gasteiger charge is -2.11. The average Bonchev–Trinajstić information content (AvgIpc) is 3.03. The van der Waals surface area contributed by atoms with Gasteiger partial charge in [-0.3, -0.25) is 10.1 Å². The molecule has 6 rings (SSSR count). The topological polar surface area (TPSA) is 191 Å². The molecular formula is C32H26N8O4. The van der Waals surface area contributed by atoms with Crippen molar-refractivity contribution >= 4 is 23.3 Å². The minimum absolute atomic E-state index is 0.00853. The van der Waals surface area contributed by atoms with Crippen molar-refractivity contribution in [2.24, 2.45) is 0 Å². The molecule has 0 aliphatic carbocycles. The molecule has 12 heteroatoms. The number of hydrogen-bond donors (Lipinski definition) is 3. The lowest BCUT2D eigenvalue weighted by atomic mass is 10.1. The van der Waals surface area contributed by atoms with Gasteiger partial charge in [-0.15, -0.1) is 0 Å². The first kappa shape index (κ1) is 29.0. The van der Waals surface area contributed by atoms with Crippen molar-refractivity contribution in [2.75, 3.05) is 17.2 Å². The van der Waals surface area contributed by atoms with Crippen LogP contribution >= 0.6 is 0 Å². The van der Waals surface area contributed by atoms with Gasteiger partial charge in [0.1, 0.15) is 23.0 Å². The van der Waals surface area contributed by atoms with Crippen LogP contribution in [0, 0.1) is 10.1 Å². The van der Waals surface area contributed by atoms with E-state index in [-0.39, 0.29) is 17.6 Å². The van der Waals surface area contributed by atoms with Crippen LogP contribution in [0.1, 0.15) is 0 Å². The average molecular weight is 587 g/mol. The summed E-state index contributed by atoms with van der Waals surface area (Å²) in [5.74, 6) is 2.87. The summed E-state index contributed by atoms with van der Waals surface area (Å²) in [7, 11) is 0. The van der Waals surface area contributed by atoms with E-state index in [9.17, 15) is 10.1 Å². The molecule has 0 aliphatic rings. The third kappa shape index (κ3) is 7.39. The minimum Gasteiger partial charge on any atom is -0.457 e. The number of nitrogen functional groups attached to an aromatic ring is 3.